The van der Waals surface area contributed by atoms with E-state index in [4.69, 9.17) is 4.74 Å². The standard InChI is InChI=1S/C25H20N2O4/c1-27-21-13-7-6-12-19(21)22(23(27)24(28)29)26-25(30)31-14-20-17-10-4-2-8-15(17)16-9-3-5-11-18(16)20/h2-13,20H,14H2,1H3,(H,26,30)(H,28,29). The van der Waals surface area contributed by atoms with Gasteiger partial charge in [0, 0.05) is 18.4 Å². The SMILES string of the molecule is Cn1c(C(=O)O)c(NC(=O)OCC2c3ccccc3-c3ccccc32)c2ccccc21. The van der Waals surface area contributed by atoms with E-state index in [9.17, 15) is 14.7 Å². The molecule has 1 heterocycles. The number of amides is 1. The number of carboxylic acids is 1. The number of carbonyl (C=O) groups excluding carboxylic acids is 1. The molecule has 1 aliphatic carbocycles. The fourth-order valence-corrected chi connectivity index (χ4v) is 4.51. The number of anilines is 1. The Bertz CT molecular complexity index is 1290. The average molecular weight is 412 g/mol. The maximum atomic E-state index is 12.7. The second-order valence-electron chi connectivity index (χ2n) is 7.56. The van der Waals surface area contributed by atoms with E-state index in [0.29, 0.717) is 10.9 Å². The van der Waals surface area contributed by atoms with Gasteiger partial charge in [0.1, 0.15) is 6.61 Å². The minimum atomic E-state index is -1.12. The maximum Gasteiger partial charge on any atom is 0.411 e. The van der Waals surface area contributed by atoms with Gasteiger partial charge >= 0.3 is 12.1 Å². The highest BCUT2D eigenvalue weighted by Crippen LogP contribution is 2.44. The third-order valence-corrected chi connectivity index (χ3v) is 5.88. The number of benzene rings is 3. The second-order valence-corrected chi connectivity index (χ2v) is 7.56. The summed E-state index contributed by atoms with van der Waals surface area (Å²) >= 11 is 0. The normalized spacial score (nSPS) is 12.4. The zero-order valence-corrected chi connectivity index (χ0v) is 16.8. The summed E-state index contributed by atoms with van der Waals surface area (Å²) in [4.78, 5) is 24.5. The number of fused-ring (bicyclic) bond motifs is 4. The number of para-hydroxylation sites is 1. The van der Waals surface area contributed by atoms with Crippen molar-refractivity contribution in [1.82, 2.24) is 4.57 Å². The second kappa shape index (κ2) is 7.32. The van der Waals surface area contributed by atoms with Crippen molar-refractivity contribution in [2.45, 2.75) is 5.92 Å². The van der Waals surface area contributed by atoms with Crippen LogP contribution in [0.4, 0.5) is 10.5 Å². The lowest BCUT2D eigenvalue weighted by atomic mass is 9.98. The number of hydrogen-bond acceptors (Lipinski definition) is 3. The number of carboxylic acid groups (broad SMARTS) is 1. The quantitative estimate of drug-likeness (QED) is 0.480. The van der Waals surface area contributed by atoms with Gasteiger partial charge in [-0.3, -0.25) is 5.32 Å². The molecule has 1 aromatic heterocycles. The molecule has 0 bridgehead atoms. The van der Waals surface area contributed by atoms with Crippen molar-refractivity contribution >= 4 is 28.7 Å². The number of ether oxygens (including phenoxy) is 1. The summed E-state index contributed by atoms with van der Waals surface area (Å²) < 4.78 is 7.14. The van der Waals surface area contributed by atoms with E-state index in [1.807, 2.05) is 36.4 Å². The highest BCUT2D eigenvalue weighted by Gasteiger charge is 2.29. The fourth-order valence-electron chi connectivity index (χ4n) is 4.51. The summed E-state index contributed by atoms with van der Waals surface area (Å²) in [6.45, 7) is 0.160. The molecule has 0 unspecified atom stereocenters. The van der Waals surface area contributed by atoms with Crippen molar-refractivity contribution in [2.24, 2.45) is 7.05 Å². The van der Waals surface area contributed by atoms with Crippen molar-refractivity contribution in [1.29, 1.82) is 0 Å². The highest BCUT2D eigenvalue weighted by molar-refractivity contribution is 6.10. The number of nitrogens with one attached hydrogen (secondary N) is 1. The Morgan fingerprint density at radius 1 is 0.935 bits per heavy atom. The van der Waals surface area contributed by atoms with E-state index in [0.717, 1.165) is 22.3 Å². The van der Waals surface area contributed by atoms with Crippen LogP contribution in [-0.2, 0) is 11.8 Å². The van der Waals surface area contributed by atoms with Crippen LogP contribution in [0.2, 0.25) is 0 Å². The molecule has 4 aromatic rings. The summed E-state index contributed by atoms with van der Waals surface area (Å²) in [6, 6.07) is 23.4. The molecule has 6 nitrogen and oxygen atoms in total. The Balaban J connectivity index is 1.41. The Morgan fingerprint density at radius 2 is 1.52 bits per heavy atom. The van der Waals surface area contributed by atoms with Gasteiger partial charge in [0.05, 0.1) is 11.2 Å². The number of carbonyl (C=O) groups is 2. The summed E-state index contributed by atoms with van der Waals surface area (Å²) in [5, 5.41) is 13.0. The van der Waals surface area contributed by atoms with Gasteiger partial charge in [0.15, 0.2) is 5.69 Å². The topological polar surface area (TPSA) is 80.6 Å². The van der Waals surface area contributed by atoms with Gasteiger partial charge in [-0.25, -0.2) is 9.59 Å². The van der Waals surface area contributed by atoms with E-state index in [1.54, 1.807) is 23.7 Å². The minimum absolute atomic E-state index is 0.00899. The smallest absolute Gasteiger partial charge is 0.411 e. The Morgan fingerprint density at radius 3 is 2.16 bits per heavy atom. The first-order valence-corrected chi connectivity index (χ1v) is 9.99. The average Bonchev–Trinajstić information content (AvgIpc) is 3.25. The molecule has 2 N–H and O–H groups in total. The van der Waals surface area contributed by atoms with Crippen LogP contribution in [0.15, 0.2) is 72.8 Å². The molecule has 31 heavy (non-hydrogen) atoms. The lowest BCUT2D eigenvalue weighted by Gasteiger charge is -2.14. The molecule has 0 fully saturated rings. The molecule has 0 spiro atoms. The largest absolute Gasteiger partial charge is 0.477 e. The highest BCUT2D eigenvalue weighted by atomic mass is 16.5. The third kappa shape index (κ3) is 3.04. The zero-order chi connectivity index (χ0) is 21.5. The van der Waals surface area contributed by atoms with Gasteiger partial charge in [-0.15, -0.1) is 0 Å². The van der Waals surface area contributed by atoms with Crippen molar-refractivity contribution < 1.29 is 19.4 Å². The Labute approximate surface area is 178 Å². The number of aromatic nitrogens is 1. The van der Waals surface area contributed by atoms with Gasteiger partial charge in [-0.05, 0) is 28.3 Å². The predicted octanol–water partition coefficient (Wildman–Crippen LogP) is 5.24. The third-order valence-electron chi connectivity index (χ3n) is 5.88. The zero-order valence-electron chi connectivity index (χ0n) is 16.8. The van der Waals surface area contributed by atoms with Gasteiger partial charge in [0.25, 0.3) is 0 Å². The van der Waals surface area contributed by atoms with Crippen LogP contribution in [0.1, 0.15) is 27.5 Å². The molecule has 0 saturated carbocycles. The molecule has 154 valence electrons. The van der Waals surface area contributed by atoms with Crippen LogP contribution in [0.3, 0.4) is 0 Å². The summed E-state index contributed by atoms with van der Waals surface area (Å²) in [6.07, 6.45) is -0.680. The van der Waals surface area contributed by atoms with Crippen LogP contribution in [0.5, 0.6) is 0 Å². The molecule has 5 rings (SSSR count). The Kier molecular flexibility index (Phi) is 4.47. The van der Waals surface area contributed by atoms with Gasteiger partial charge in [-0.1, -0.05) is 66.7 Å². The van der Waals surface area contributed by atoms with Gasteiger partial charge in [-0.2, -0.15) is 0 Å². The van der Waals surface area contributed by atoms with Crippen LogP contribution in [-0.4, -0.2) is 28.3 Å². The molecule has 0 atom stereocenters. The monoisotopic (exact) mass is 412 g/mol. The predicted molar refractivity (Wildman–Crippen MR) is 119 cm³/mol. The van der Waals surface area contributed by atoms with E-state index < -0.39 is 12.1 Å². The number of nitrogens with zero attached hydrogens (tertiary/aromatic N) is 1. The molecule has 3 aromatic carbocycles. The fraction of sp³-hybridized carbons (Fsp3) is 0.120. The van der Waals surface area contributed by atoms with Crippen molar-refractivity contribution in [3.63, 3.8) is 0 Å². The molecular weight excluding hydrogens is 392 g/mol. The van der Waals surface area contributed by atoms with Gasteiger partial charge < -0.3 is 14.4 Å². The van der Waals surface area contributed by atoms with Crippen molar-refractivity contribution in [3.05, 3.63) is 89.6 Å². The first-order chi connectivity index (χ1) is 15.1. The summed E-state index contributed by atoms with van der Waals surface area (Å²) in [5.74, 6) is -1.18. The van der Waals surface area contributed by atoms with Crippen LogP contribution >= 0.6 is 0 Å². The first-order valence-electron chi connectivity index (χ1n) is 9.99. The van der Waals surface area contributed by atoms with E-state index >= 15 is 0 Å². The van der Waals surface area contributed by atoms with Crippen LogP contribution in [0, 0.1) is 0 Å². The van der Waals surface area contributed by atoms with Crippen molar-refractivity contribution in [2.75, 3.05) is 11.9 Å². The number of rotatable bonds is 4. The molecular formula is C25H20N2O4. The molecule has 0 aliphatic heterocycles. The van der Waals surface area contributed by atoms with E-state index in [-0.39, 0.29) is 23.9 Å². The minimum Gasteiger partial charge on any atom is -0.477 e. The number of hydrogen-bond donors (Lipinski definition) is 2. The van der Waals surface area contributed by atoms with Crippen molar-refractivity contribution in [3.8, 4) is 11.1 Å². The molecule has 6 heteroatoms. The number of aromatic carboxylic acids is 1. The molecule has 0 saturated heterocycles. The molecule has 0 radical (unpaired) electrons. The van der Waals surface area contributed by atoms with E-state index in [1.165, 1.54) is 0 Å². The number of aryl methyl sites for hydroxylation is 1. The lowest BCUT2D eigenvalue weighted by Crippen LogP contribution is -2.19. The van der Waals surface area contributed by atoms with Crippen LogP contribution in [0.25, 0.3) is 22.0 Å². The lowest BCUT2D eigenvalue weighted by molar-refractivity contribution is 0.0688. The summed E-state index contributed by atoms with van der Waals surface area (Å²) in [5.41, 5.74) is 5.50. The summed E-state index contributed by atoms with van der Waals surface area (Å²) in [7, 11) is 1.66. The maximum absolute atomic E-state index is 12.7. The Hall–Kier alpha value is -4.06. The van der Waals surface area contributed by atoms with E-state index in [2.05, 4.69) is 29.6 Å². The van der Waals surface area contributed by atoms with Crippen LogP contribution < -0.4 is 5.32 Å². The first kappa shape index (κ1) is 18.9. The van der Waals surface area contributed by atoms with Gasteiger partial charge in [0.2, 0.25) is 0 Å². The molecule has 1 amide bonds. The molecule has 1 aliphatic rings.